The first-order valence-corrected chi connectivity index (χ1v) is 6.54. The molecule has 0 N–H and O–H groups in total. The van der Waals surface area contributed by atoms with E-state index in [1.807, 2.05) is 13.8 Å². The molecule has 2 aromatic rings. The maximum Gasteiger partial charge on any atom is 0.190 e. The molecular formula is C14H18N4O2. The van der Waals surface area contributed by atoms with Crippen molar-refractivity contribution in [2.24, 2.45) is 7.05 Å². The summed E-state index contributed by atoms with van der Waals surface area (Å²) in [5.74, 6) is -0.464. The van der Waals surface area contributed by atoms with Crippen molar-refractivity contribution in [3.05, 3.63) is 34.9 Å². The van der Waals surface area contributed by atoms with Crippen molar-refractivity contribution in [3.8, 4) is 0 Å². The SMILES string of the molecule is CCn1nc(C)c(C(=O)CC(=O)c2ccn(C)n2)c1C. The van der Waals surface area contributed by atoms with Crippen molar-refractivity contribution in [1.82, 2.24) is 19.6 Å². The molecule has 6 nitrogen and oxygen atoms in total. The molecule has 0 atom stereocenters. The zero-order valence-electron chi connectivity index (χ0n) is 12.2. The molecule has 2 aromatic heterocycles. The van der Waals surface area contributed by atoms with E-state index in [1.54, 1.807) is 35.6 Å². The van der Waals surface area contributed by atoms with Gasteiger partial charge in [-0.15, -0.1) is 0 Å². The zero-order valence-corrected chi connectivity index (χ0v) is 12.2. The van der Waals surface area contributed by atoms with E-state index < -0.39 is 0 Å². The van der Waals surface area contributed by atoms with Gasteiger partial charge in [0.2, 0.25) is 0 Å². The number of hydrogen-bond acceptors (Lipinski definition) is 4. The predicted molar refractivity (Wildman–Crippen MR) is 73.9 cm³/mol. The summed E-state index contributed by atoms with van der Waals surface area (Å²) in [6.07, 6.45) is 1.51. The van der Waals surface area contributed by atoms with Gasteiger partial charge in [-0.3, -0.25) is 19.0 Å². The van der Waals surface area contributed by atoms with E-state index in [2.05, 4.69) is 10.2 Å². The number of aromatic nitrogens is 4. The molecule has 0 aliphatic heterocycles. The van der Waals surface area contributed by atoms with Gasteiger partial charge in [0.1, 0.15) is 5.69 Å². The maximum absolute atomic E-state index is 12.3. The van der Waals surface area contributed by atoms with Gasteiger partial charge in [0.25, 0.3) is 0 Å². The molecule has 0 aromatic carbocycles. The van der Waals surface area contributed by atoms with Crippen LogP contribution in [-0.4, -0.2) is 31.1 Å². The molecular weight excluding hydrogens is 256 g/mol. The van der Waals surface area contributed by atoms with Gasteiger partial charge in [0.15, 0.2) is 11.6 Å². The topological polar surface area (TPSA) is 69.8 Å². The standard InChI is InChI=1S/C14H18N4O2/c1-5-18-10(3)14(9(2)15-18)13(20)8-12(19)11-6-7-17(4)16-11/h6-7H,5,8H2,1-4H3. The second-order valence-electron chi connectivity index (χ2n) is 4.76. The van der Waals surface area contributed by atoms with Crippen molar-refractivity contribution in [1.29, 1.82) is 0 Å². The van der Waals surface area contributed by atoms with Crippen molar-refractivity contribution < 1.29 is 9.59 Å². The van der Waals surface area contributed by atoms with Gasteiger partial charge in [-0.1, -0.05) is 0 Å². The summed E-state index contributed by atoms with van der Waals surface area (Å²) in [4.78, 5) is 24.3. The Morgan fingerprint density at radius 3 is 2.40 bits per heavy atom. The summed E-state index contributed by atoms with van der Waals surface area (Å²) in [5.41, 5.74) is 2.35. The van der Waals surface area contributed by atoms with Crippen LogP contribution in [-0.2, 0) is 13.6 Å². The molecule has 0 unspecified atom stereocenters. The number of aryl methyl sites for hydroxylation is 3. The quantitative estimate of drug-likeness (QED) is 0.614. The Morgan fingerprint density at radius 2 is 1.90 bits per heavy atom. The number of rotatable bonds is 5. The Morgan fingerprint density at radius 1 is 1.20 bits per heavy atom. The first-order chi connectivity index (χ1) is 9.43. The van der Waals surface area contributed by atoms with Crippen LogP contribution in [0.4, 0.5) is 0 Å². The highest BCUT2D eigenvalue weighted by atomic mass is 16.1. The number of Topliss-reactive ketones (excluding diaryl/α,β-unsaturated/α-hetero) is 2. The maximum atomic E-state index is 12.3. The fourth-order valence-electron chi connectivity index (χ4n) is 2.30. The third-order valence-electron chi connectivity index (χ3n) is 3.28. The molecule has 106 valence electrons. The van der Waals surface area contributed by atoms with Crippen molar-refractivity contribution in [2.45, 2.75) is 33.7 Å². The number of hydrogen-bond donors (Lipinski definition) is 0. The Hall–Kier alpha value is -2.24. The Kier molecular flexibility index (Phi) is 3.83. The van der Waals surface area contributed by atoms with Crippen LogP contribution >= 0.6 is 0 Å². The number of carbonyl (C=O) groups is 2. The van der Waals surface area contributed by atoms with Gasteiger partial charge in [0.05, 0.1) is 17.7 Å². The fourth-order valence-corrected chi connectivity index (χ4v) is 2.30. The molecule has 2 rings (SSSR count). The number of nitrogens with zero attached hydrogens (tertiary/aromatic N) is 4. The monoisotopic (exact) mass is 274 g/mol. The van der Waals surface area contributed by atoms with E-state index >= 15 is 0 Å². The van der Waals surface area contributed by atoms with Gasteiger partial charge < -0.3 is 0 Å². The highest BCUT2D eigenvalue weighted by Gasteiger charge is 2.22. The van der Waals surface area contributed by atoms with E-state index in [-0.39, 0.29) is 18.0 Å². The van der Waals surface area contributed by atoms with Crippen molar-refractivity contribution in [3.63, 3.8) is 0 Å². The van der Waals surface area contributed by atoms with Crippen LogP contribution in [0.2, 0.25) is 0 Å². The minimum Gasteiger partial charge on any atom is -0.294 e. The largest absolute Gasteiger partial charge is 0.294 e. The molecule has 0 spiro atoms. The van der Waals surface area contributed by atoms with Crippen LogP contribution in [0.1, 0.15) is 45.6 Å². The van der Waals surface area contributed by atoms with Crippen molar-refractivity contribution >= 4 is 11.6 Å². The lowest BCUT2D eigenvalue weighted by molar-refractivity contribution is 0.0890. The van der Waals surface area contributed by atoms with E-state index in [0.717, 1.165) is 5.69 Å². The summed E-state index contributed by atoms with van der Waals surface area (Å²) in [7, 11) is 1.73. The van der Waals surface area contributed by atoms with E-state index in [1.165, 1.54) is 0 Å². The minimum atomic E-state index is -0.265. The molecule has 0 saturated heterocycles. The van der Waals surface area contributed by atoms with Gasteiger partial charge in [-0.2, -0.15) is 10.2 Å². The molecule has 6 heteroatoms. The first kappa shape index (κ1) is 14.2. The lowest BCUT2D eigenvalue weighted by atomic mass is 10.0. The zero-order chi connectivity index (χ0) is 14.9. The Labute approximate surface area is 117 Å². The van der Waals surface area contributed by atoms with Crippen molar-refractivity contribution in [2.75, 3.05) is 0 Å². The van der Waals surface area contributed by atoms with E-state index in [9.17, 15) is 9.59 Å². The Balaban J connectivity index is 2.20. The second-order valence-corrected chi connectivity index (χ2v) is 4.76. The van der Waals surface area contributed by atoms with E-state index in [0.29, 0.717) is 23.5 Å². The summed E-state index contributed by atoms with van der Waals surface area (Å²) < 4.78 is 3.32. The smallest absolute Gasteiger partial charge is 0.190 e. The second kappa shape index (κ2) is 5.40. The average molecular weight is 274 g/mol. The van der Waals surface area contributed by atoms with Gasteiger partial charge in [-0.05, 0) is 26.8 Å². The molecule has 0 fully saturated rings. The minimum absolute atomic E-state index is 0.173. The lowest BCUT2D eigenvalue weighted by Crippen LogP contribution is -2.11. The fraction of sp³-hybridized carbons (Fsp3) is 0.429. The molecule has 0 aliphatic rings. The van der Waals surface area contributed by atoms with Crippen LogP contribution in [0.15, 0.2) is 12.3 Å². The van der Waals surface area contributed by atoms with Crippen LogP contribution in [0.3, 0.4) is 0 Å². The highest BCUT2D eigenvalue weighted by Crippen LogP contribution is 2.16. The van der Waals surface area contributed by atoms with Gasteiger partial charge in [0, 0.05) is 25.5 Å². The summed E-state index contributed by atoms with van der Waals surface area (Å²) in [5, 5.41) is 8.32. The molecule has 0 aliphatic carbocycles. The number of ketones is 2. The van der Waals surface area contributed by atoms with Gasteiger partial charge >= 0.3 is 0 Å². The summed E-state index contributed by atoms with van der Waals surface area (Å²) in [6.45, 7) is 6.31. The van der Waals surface area contributed by atoms with Crippen LogP contribution in [0.25, 0.3) is 0 Å². The number of carbonyl (C=O) groups excluding carboxylic acids is 2. The normalized spacial score (nSPS) is 10.8. The lowest BCUT2D eigenvalue weighted by Gasteiger charge is -2.01. The van der Waals surface area contributed by atoms with Gasteiger partial charge in [-0.25, -0.2) is 0 Å². The third kappa shape index (κ3) is 2.54. The first-order valence-electron chi connectivity index (χ1n) is 6.54. The predicted octanol–water partition coefficient (Wildman–Crippen LogP) is 1.71. The van der Waals surface area contributed by atoms with Crippen LogP contribution in [0, 0.1) is 13.8 Å². The summed E-state index contributed by atoms with van der Waals surface area (Å²) in [6, 6.07) is 1.62. The van der Waals surface area contributed by atoms with Crippen LogP contribution < -0.4 is 0 Å². The third-order valence-corrected chi connectivity index (χ3v) is 3.28. The summed E-state index contributed by atoms with van der Waals surface area (Å²) >= 11 is 0. The van der Waals surface area contributed by atoms with E-state index in [4.69, 9.17) is 0 Å². The molecule has 20 heavy (non-hydrogen) atoms. The van der Waals surface area contributed by atoms with Crippen LogP contribution in [0.5, 0.6) is 0 Å². The molecule has 2 heterocycles. The molecule has 0 amide bonds. The molecule has 0 saturated carbocycles. The molecule has 0 radical (unpaired) electrons. The Bertz CT molecular complexity index is 667. The highest BCUT2D eigenvalue weighted by molar-refractivity contribution is 6.13. The molecule has 0 bridgehead atoms. The average Bonchev–Trinajstić information content (AvgIpc) is 2.93.